The molecule has 2 nitrogen and oxygen atoms in total. The van der Waals surface area contributed by atoms with Crippen LogP contribution in [-0.2, 0) is 13.0 Å². The van der Waals surface area contributed by atoms with Gasteiger partial charge < -0.3 is 0 Å². The molecule has 11 heavy (non-hydrogen) atoms. The summed E-state index contributed by atoms with van der Waals surface area (Å²) in [6.07, 6.45) is 2.35. The fourth-order valence-electron chi connectivity index (χ4n) is 0.814. The SMILES string of the molecule is CCC(F)(F)c1cnn(C)c1. The second-order valence-corrected chi connectivity index (χ2v) is 2.46. The van der Waals surface area contributed by atoms with E-state index in [-0.39, 0.29) is 12.0 Å². The molecule has 0 saturated carbocycles. The topological polar surface area (TPSA) is 17.8 Å². The summed E-state index contributed by atoms with van der Waals surface area (Å²) in [5.74, 6) is -2.73. The molecule has 1 aromatic rings. The molecule has 0 fully saturated rings. The van der Waals surface area contributed by atoms with Gasteiger partial charge in [0.1, 0.15) is 0 Å². The third-order valence-corrected chi connectivity index (χ3v) is 1.57. The highest BCUT2D eigenvalue weighted by Crippen LogP contribution is 2.30. The lowest BCUT2D eigenvalue weighted by atomic mass is 10.1. The minimum Gasteiger partial charge on any atom is -0.275 e. The van der Waals surface area contributed by atoms with Crippen molar-refractivity contribution in [2.24, 2.45) is 7.05 Å². The van der Waals surface area contributed by atoms with Crippen LogP contribution in [0.1, 0.15) is 18.9 Å². The van der Waals surface area contributed by atoms with Gasteiger partial charge in [-0.2, -0.15) is 5.10 Å². The molecule has 0 aliphatic heterocycles. The van der Waals surface area contributed by atoms with Crippen LogP contribution in [0.25, 0.3) is 0 Å². The molecule has 0 N–H and O–H groups in total. The van der Waals surface area contributed by atoms with Crippen LogP contribution in [-0.4, -0.2) is 9.78 Å². The maximum atomic E-state index is 12.8. The molecule has 1 aromatic heterocycles. The first-order chi connectivity index (χ1) is 5.06. The van der Waals surface area contributed by atoms with E-state index in [0.29, 0.717) is 0 Å². The zero-order valence-corrected chi connectivity index (χ0v) is 6.51. The Hall–Kier alpha value is -0.930. The van der Waals surface area contributed by atoms with Crippen LogP contribution in [0, 0.1) is 0 Å². The summed E-state index contributed by atoms with van der Waals surface area (Å²) in [6, 6.07) is 0. The number of alkyl halides is 2. The molecule has 0 aromatic carbocycles. The number of nitrogens with zero attached hydrogens (tertiary/aromatic N) is 2. The Kier molecular flexibility index (Phi) is 1.93. The van der Waals surface area contributed by atoms with Gasteiger partial charge in [-0.3, -0.25) is 4.68 Å². The monoisotopic (exact) mass is 160 g/mol. The first-order valence-corrected chi connectivity index (χ1v) is 3.43. The fourth-order valence-corrected chi connectivity index (χ4v) is 0.814. The number of halogens is 2. The van der Waals surface area contributed by atoms with Gasteiger partial charge in [-0.1, -0.05) is 6.92 Å². The van der Waals surface area contributed by atoms with Crippen LogP contribution in [0.2, 0.25) is 0 Å². The van der Waals surface area contributed by atoms with E-state index in [1.165, 1.54) is 24.0 Å². The van der Waals surface area contributed by atoms with Crippen LogP contribution in [0.15, 0.2) is 12.4 Å². The molecule has 0 atom stereocenters. The Bertz CT molecular complexity index is 242. The predicted molar refractivity (Wildman–Crippen MR) is 37.4 cm³/mol. The van der Waals surface area contributed by atoms with Crippen molar-refractivity contribution >= 4 is 0 Å². The Morgan fingerprint density at radius 3 is 2.64 bits per heavy atom. The minimum absolute atomic E-state index is 0.0116. The van der Waals surface area contributed by atoms with E-state index in [1.807, 2.05) is 0 Å². The second kappa shape index (κ2) is 2.60. The summed E-state index contributed by atoms with van der Waals surface area (Å²) < 4.78 is 27.1. The van der Waals surface area contributed by atoms with Crippen LogP contribution in [0.3, 0.4) is 0 Å². The predicted octanol–water partition coefficient (Wildman–Crippen LogP) is 1.92. The largest absolute Gasteiger partial charge is 0.276 e. The summed E-state index contributed by atoms with van der Waals surface area (Å²) in [4.78, 5) is 0. The van der Waals surface area contributed by atoms with Gasteiger partial charge in [-0.25, -0.2) is 8.78 Å². The van der Waals surface area contributed by atoms with Crippen LogP contribution in [0.5, 0.6) is 0 Å². The van der Waals surface area contributed by atoms with Gasteiger partial charge in [0.2, 0.25) is 0 Å². The molecule has 0 aliphatic rings. The molecule has 0 spiro atoms. The quantitative estimate of drug-likeness (QED) is 0.646. The molecule has 0 amide bonds. The number of rotatable bonds is 2. The van der Waals surface area contributed by atoms with E-state index < -0.39 is 5.92 Å². The average Bonchev–Trinajstić information content (AvgIpc) is 2.36. The molecule has 0 aliphatic carbocycles. The maximum absolute atomic E-state index is 12.8. The van der Waals surface area contributed by atoms with E-state index in [4.69, 9.17) is 0 Å². The van der Waals surface area contributed by atoms with E-state index >= 15 is 0 Å². The summed E-state index contributed by atoms with van der Waals surface area (Å²) in [5.41, 5.74) is -0.0116. The van der Waals surface area contributed by atoms with Crippen molar-refractivity contribution < 1.29 is 8.78 Å². The number of aryl methyl sites for hydroxylation is 1. The van der Waals surface area contributed by atoms with E-state index in [2.05, 4.69) is 5.10 Å². The van der Waals surface area contributed by atoms with E-state index in [1.54, 1.807) is 7.05 Å². The van der Waals surface area contributed by atoms with E-state index in [0.717, 1.165) is 0 Å². The van der Waals surface area contributed by atoms with Crippen molar-refractivity contribution in [3.63, 3.8) is 0 Å². The molecule has 0 unspecified atom stereocenters. The fraction of sp³-hybridized carbons (Fsp3) is 0.571. The van der Waals surface area contributed by atoms with E-state index in [9.17, 15) is 8.78 Å². The lowest BCUT2D eigenvalue weighted by Crippen LogP contribution is -2.09. The maximum Gasteiger partial charge on any atom is 0.276 e. The van der Waals surface area contributed by atoms with Gasteiger partial charge in [0.15, 0.2) is 0 Å². The molecule has 1 heterocycles. The Morgan fingerprint density at radius 1 is 1.64 bits per heavy atom. The molecular formula is C7H10F2N2. The van der Waals surface area contributed by atoms with Gasteiger partial charge in [0.25, 0.3) is 5.92 Å². The molecule has 4 heteroatoms. The Morgan fingerprint density at radius 2 is 2.27 bits per heavy atom. The molecular weight excluding hydrogens is 150 g/mol. The Labute approximate surface area is 63.8 Å². The highest BCUT2D eigenvalue weighted by Gasteiger charge is 2.29. The van der Waals surface area contributed by atoms with Gasteiger partial charge >= 0.3 is 0 Å². The summed E-state index contributed by atoms with van der Waals surface area (Å²) in [5, 5.41) is 3.67. The smallest absolute Gasteiger partial charge is 0.275 e. The standard InChI is InChI=1S/C7H10F2N2/c1-3-7(8,9)6-4-10-11(2)5-6/h4-5H,3H2,1-2H3. The molecule has 62 valence electrons. The average molecular weight is 160 g/mol. The highest BCUT2D eigenvalue weighted by molar-refractivity contribution is 5.10. The molecule has 1 rings (SSSR count). The highest BCUT2D eigenvalue weighted by atomic mass is 19.3. The first-order valence-electron chi connectivity index (χ1n) is 3.43. The van der Waals surface area contributed by atoms with Crippen LogP contribution >= 0.6 is 0 Å². The van der Waals surface area contributed by atoms with Gasteiger partial charge in [-0.05, 0) is 0 Å². The zero-order chi connectivity index (χ0) is 8.48. The van der Waals surface area contributed by atoms with Crippen molar-refractivity contribution in [2.75, 3.05) is 0 Å². The normalized spacial score (nSPS) is 12.0. The molecule has 0 bridgehead atoms. The molecule has 0 radical (unpaired) electrons. The van der Waals surface area contributed by atoms with Crippen molar-refractivity contribution in [1.82, 2.24) is 9.78 Å². The lowest BCUT2D eigenvalue weighted by Gasteiger charge is -2.09. The molecule has 0 saturated heterocycles. The number of hydrogen-bond acceptors (Lipinski definition) is 1. The number of aromatic nitrogens is 2. The van der Waals surface area contributed by atoms with Crippen molar-refractivity contribution in [1.29, 1.82) is 0 Å². The first kappa shape index (κ1) is 8.17. The minimum atomic E-state index is -2.73. The second-order valence-electron chi connectivity index (χ2n) is 2.46. The zero-order valence-electron chi connectivity index (χ0n) is 6.51. The third kappa shape index (κ3) is 1.56. The van der Waals surface area contributed by atoms with Gasteiger partial charge in [0, 0.05) is 19.7 Å². The Balaban J connectivity index is 2.92. The summed E-state index contributed by atoms with van der Waals surface area (Å²) >= 11 is 0. The number of hydrogen-bond donors (Lipinski definition) is 0. The van der Waals surface area contributed by atoms with Gasteiger partial charge in [0.05, 0.1) is 11.8 Å². The van der Waals surface area contributed by atoms with Crippen LogP contribution < -0.4 is 0 Å². The lowest BCUT2D eigenvalue weighted by molar-refractivity contribution is -0.00835. The van der Waals surface area contributed by atoms with Crippen LogP contribution in [0.4, 0.5) is 8.78 Å². The summed E-state index contributed by atoms with van der Waals surface area (Å²) in [7, 11) is 1.62. The van der Waals surface area contributed by atoms with Crippen molar-refractivity contribution in [2.45, 2.75) is 19.3 Å². The van der Waals surface area contributed by atoms with Crippen molar-refractivity contribution in [3.8, 4) is 0 Å². The third-order valence-electron chi connectivity index (χ3n) is 1.57. The van der Waals surface area contributed by atoms with Gasteiger partial charge in [-0.15, -0.1) is 0 Å². The summed E-state index contributed by atoms with van der Waals surface area (Å²) in [6.45, 7) is 1.45. The van der Waals surface area contributed by atoms with Crippen molar-refractivity contribution in [3.05, 3.63) is 18.0 Å².